The van der Waals surface area contributed by atoms with E-state index in [9.17, 15) is 13.2 Å². The first-order valence-electron chi connectivity index (χ1n) is 6.00. The monoisotopic (exact) mass is 310 g/mol. The average Bonchev–Trinajstić information content (AvgIpc) is 2.45. The van der Waals surface area contributed by atoms with E-state index >= 15 is 0 Å². The van der Waals surface area contributed by atoms with Crippen molar-refractivity contribution in [2.75, 3.05) is 5.32 Å². The third kappa shape index (κ3) is 3.67. The van der Waals surface area contributed by atoms with Crippen molar-refractivity contribution in [3.8, 4) is 6.07 Å². The molecule has 0 fully saturated rings. The molecule has 0 bridgehead atoms. The van der Waals surface area contributed by atoms with Gasteiger partial charge in [-0.1, -0.05) is 29.8 Å². The molecule has 0 atom stereocenters. The van der Waals surface area contributed by atoms with Crippen LogP contribution in [0, 0.1) is 11.3 Å². The molecule has 2 nitrogen and oxygen atoms in total. The van der Waals surface area contributed by atoms with Gasteiger partial charge in [0.15, 0.2) is 0 Å². The number of anilines is 1. The topological polar surface area (TPSA) is 35.8 Å². The SMILES string of the molecule is N#Cc1ccc(CNc2c(Cl)cccc2C(F)(F)F)cc1. The minimum atomic E-state index is -4.47. The predicted octanol–water partition coefficient (Wildman–Crippen LogP) is 4.84. The number of rotatable bonds is 3. The van der Waals surface area contributed by atoms with Crippen molar-refractivity contribution < 1.29 is 13.2 Å². The minimum absolute atomic E-state index is 0.0125. The second-order valence-corrected chi connectivity index (χ2v) is 4.73. The summed E-state index contributed by atoms with van der Waals surface area (Å²) in [5, 5.41) is 11.4. The van der Waals surface area contributed by atoms with Gasteiger partial charge in [-0.25, -0.2) is 0 Å². The molecule has 0 amide bonds. The fraction of sp³-hybridized carbons (Fsp3) is 0.133. The van der Waals surface area contributed by atoms with E-state index in [0.29, 0.717) is 5.56 Å². The van der Waals surface area contributed by atoms with Crippen molar-refractivity contribution in [1.29, 1.82) is 5.26 Å². The number of nitrogens with one attached hydrogen (secondary N) is 1. The van der Waals surface area contributed by atoms with Crippen LogP contribution in [0.1, 0.15) is 16.7 Å². The molecule has 0 radical (unpaired) electrons. The van der Waals surface area contributed by atoms with Crippen molar-refractivity contribution in [2.45, 2.75) is 12.7 Å². The van der Waals surface area contributed by atoms with E-state index < -0.39 is 11.7 Å². The summed E-state index contributed by atoms with van der Waals surface area (Å²) >= 11 is 5.84. The van der Waals surface area contributed by atoms with Crippen molar-refractivity contribution in [2.24, 2.45) is 0 Å². The van der Waals surface area contributed by atoms with Gasteiger partial charge < -0.3 is 5.32 Å². The van der Waals surface area contributed by atoms with Gasteiger partial charge in [-0.2, -0.15) is 18.4 Å². The van der Waals surface area contributed by atoms with Gasteiger partial charge in [0.1, 0.15) is 0 Å². The van der Waals surface area contributed by atoms with Gasteiger partial charge in [0.05, 0.1) is 27.9 Å². The Morgan fingerprint density at radius 1 is 1.10 bits per heavy atom. The molecular weight excluding hydrogens is 301 g/mol. The first-order chi connectivity index (χ1) is 9.91. The molecule has 6 heteroatoms. The molecule has 0 spiro atoms. The highest BCUT2D eigenvalue weighted by Crippen LogP contribution is 2.38. The summed E-state index contributed by atoms with van der Waals surface area (Å²) in [4.78, 5) is 0. The molecule has 1 N–H and O–H groups in total. The molecule has 2 rings (SSSR count). The Morgan fingerprint density at radius 3 is 2.33 bits per heavy atom. The second-order valence-electron chi connectivity index (χ2n) is 4.32. The van der Waals surface area contributed by atoms with Gasteiger partial charge >= 0.3 is 6.18 Å². The molecular formula is C15H10ClF3N2. The maximum Gasteiger partial charge on any atom is 0.418 e. The average molecular weight is 311 g/mol. The number of hydrogen-bond donors (Lipinski definition) is 1. The third-order valence-corrected chi connectivity index (χ3v) is 3.19. The van der Waals surface area contributed by atoms with Crippen LogP contribution >= 0.6 is 11.6 Å². The number of halogens is 4. The van der Waals surface area contributed by atoms with E-state index in [1.165, 1.54) is 12.1 Å². The number of hydrogen-bond acceptors (Lipinski definition) is 2. The van der Waals surface area contributed by atoms with Gasteiger partial charge in [-0.05, 0) is 29.8 Å². The molecule has 2 aromatic carbocycles. The van der Waals surface area contributed by atoms with E-state index in [1.54, 1.807) is 24.3 Å². The van der Waals surface area contributed by atoms with Gasteiger partial charge in [-0.15, -0.1) is 0 Å². The zero-order valence-corrected chi connectivity index (χ0v) is 11.5. The van der Waals surface area contributed by atoms with Crippen molar-refractivity contribution >= 4 is 17.3 Å². The lowest BCUT2D eigenvalue weighted by Gasteiger charge is -2.16. The highest BCUT2D eigenvalue weighted by molar-refractivity contribution is 6.33. The molecule has 108 valence electrons. The Bertz CT molecular complexity index is 673. The smallest absolute Gasteiger partial charge is 0.379 e. The van der Waals surface area contributed by atoms with Crippen LogP contribution in [0.5, 0.6) is 0 Å². The summed E-state index contributed by atoms with van der Waals surface area (Å²) in [6.07, 6.45) is -4.47. The second kappa shape index (κ2) is 6.06. The normalized spacial score (nSPS) is 11.0. The highest BCUT2D eigenvalue weighted by atomic mass is 35.5. The van der Waals surface area contributed by atoms with E-state index in [1.807, 2.05) is 6.07 Å². The van der Waals surface area contributed by atoms with E-state index in [4.69, 9.17) is 16.9 Å². The maximum absolute atomic E-state index is 12.9. The zero-order valence-electron chi connectivity index (χ0n) is 10.7. The lowest BCUT2D eigenvalue weighted by molar-refractivity contribution is -0.136. The van der Waals surface area contributed by atoms with Gasteiger partial charge in [0, 0.05) is 6.54 Å². The standard InChI is InChI=1S/C15H10ClF3N2/c16-13-3-1-2-12(15(17,18)19)14(13)21-9-11-6-4-10(8-20)5-7-11/h1-7,21H,9H2. The summed E-state index contributed by atoms with van der Waals surface area (Å²) in [5.74, 6) is 0. The van der Waals surface area contributed by atoms with E-state index in [2.05, 4.69) is 5.32 Å². The number of alkyl halides is 3. The van der Waals surface area contributed by atoms with Crippen LogP contribution in [0.4, 0.5) is 18.9 Å². The van der Waals surface area contributed by atoms with Crippen molar-refractivity contribution in [1.82, 2.24) is 0 Å². The summed E-state index contributed by atoms with van der Waals surface area (Å²) in [6, 6.07) is 12.2. The Labute approximate surface area is 124 Å². The van der Waals surface area contributed by atoms with Gasteiger partial charge in [0.25, 0.3) is 0 Å². The van der Waals surface area contributed by atoms with Gasteiger partial charge in [0.2, 0.25) is 0 Å². The molecule has 0 aromatic heterocycles. The van der Waals surface area contributed by atoms with E-state index in [0.717, 1.165) is 11.6 Å². The predicted molar refractivity (Wildman–Crippen MR) is 74.9 cm³/mol. The highest BCUT2D eigenvalue weighted by Gasteiger charge is 2.34. The number of nitrogens with zero attached hydrogens (tertiary/aromatic N) is 1. The summed E-state index contributed by atoms with van der Waals surface area (Å²) in [7, 11) is 0. The maximum atomic E-state index is 12.9. The summed E-state index contributed by atoms with van der Waals surface area (Å²) in [5.41, 5.74) is 0.300. The largest absolute Gasteiger partial charge is 0.418 e. The van der Waals surface area contributed by atoms with Crippen LogP contribution in [0.25, 0.3) is 0 Å². The van der Waals surface area contributed by atoms with Crippen LogP contribution in [-0.2, 0) is 12.7 Å². The number of nitriles is 1. The number of benzene rings is 2. The van der Waals surface area contributed by atoms with Crippen LogP contribution in [0.2, 0.25) is 5.02 Å². The van der Waals surface area contributed by atoms with Crippen LogP contribution < -0.4 is 5.32 Å². The molecule has 2 aromatic rings. The van der Waals surface area contributed by atoms with Gasteiger partial charge in [-0.3, -0.25) is 0 Å². The fourth-order valence-corrected chi connectivity index (χ4v) is 2.07. The quantitative estimate of drug-likeness (QED) is 0.880. The number of para-hydroxylation sites is 1. The molecule has 0 saturated heterocycles. The lowest BCUT2D eigenvalue weighted by Crippen LogP contribution is -2.11. The van der Waals surface area contributed by atoms with Crippen LogP contribution in [0.15, 0.2) is 42.5 Å². The van der Waals surface area contributed by atoms with Crippen molar-refractivity contribution in [3.05, 3.63) is 64.2 Å². The van der Waals surface area contributed by atoms with Crippen molar-refractivity contribution in [3.63, 3.8) is 0 Å². The Kier molecular flexibility index (Phi) is 4.39. The first-order valence-corrected chi connectivity index (χ1v) is 6.38. The molecule has 0 unspecified atom stereocenters. The summed E-state index contributed by atoms with van der Waals surface area (Å²) in [6.45, 7) is 0.179. The lowest BCUT2D eigenvalue weighted by atomic mass is 10.1. The molecule has 0 aliphatic carbocycles. The molecule has 0 aliphatic heterocycles. The zero-order chi connectivity index (χ0) is 15.5. The molecule has 0 aliphatic rings. The van der Waals surface area contributed by atoms with E-state index in [-0.39, 0.29) is 17.3 Å². The van der Waals surface area contributed by atoms with Crippen LogP contribution in [0.3, 0.4) is 0 Å². The molecule has 0 saturated carbocycles. The third-order valence-electron chi connectivity index (χ3n) is 2.87. The Balaban J connectivity index is 2.21. The molecule has 0 heterocycles. The Hall–Kier alpha value is -2.19. The minimum Gasteiger partial charge on any atom is -0.379 e. The molecule has 21 heavy (non-hydrogen) atoms. The Morgan fingerprint density at radius 2 is 1.76 bits per heavy atom. The summed E-state index contributed by atoms with van der Waals surface area (Å²) < 4.78 is 38.8. The van der Waals surface area contributed by atoms with Crippen LogP contribution in [-0.4, -0.2) is 0 Å². The first kappa shape index (κ1) is 15.2. The fourth-order valence-electron chi connectivity index (χ4n) is 1.83.